The number of carbonyl (C=O) groups is 2. The van der Waals surface area contributed by atoms with Crippen LogP contribution in [0.15, 0.2) is 93.7 Å². The summed E-state index contributed by atoms with van der Waals surface area (Å²) in [4.78, 5) is 43.0. The second-order valence-corrected chi connectivity index (χ2v) is 12.4. The Balaban J connectivity index is 1.19. The first-order valence-electron chi connectivity index (χ1n) is 15.8. The Morgan fingerprint density at radius 3 is 2.44 bits per heavy atom. The van der Waals surface area contributed by atoms with E-state index >= 15 is 0 Å². The van der Waals surface area contributed by atoms with Crippen molar-refractivity contribution in [3.8, 4) is 0 Å². The summed E-state index contributed by atoms with van der Waals surface area (Å²) in [5.41, 5.74) is 5.87. The first kappa shape index (κ1) is 30.7. The molecule has 0 unspecified atom stereocenters. The van der Waals surface area contributed by atoms with Crippen LogP contribution in [0.1, 0.15) is 59.9 Å². The van der Waals surface area contributed by atoms with Crippen LogP contribution in [0.25, 0.3) is 11.0 Å². The Morgan fingerprint density at radius 1 is 0.956 bits per heavy atom. The molecule has 45 heavy (non-hydrogen) atoms. The quantitative estimate of drug-likeness (QED) is 0.210. The average molecular weight is 624 g/mol. The SMILES string of the molecule is CCc1ccc2oc(C(=O)N[C@H](C=C3CCN(c4ccccc4CN4CCCC4=O)CC3)Cc3ccc(Cl)cc3)cc(=O)c2c1. The Bertz CT molecular complexity index is 1790. The molecule has 1 aromatic heterocycles. The second-order valence-electron chi connectivity index (χ2n) is 11.9. The molecule has 2 amide bonds. The Hall–Kier alpha value is -4.36. The topological polar surface area (TPSA) is 82.9 Å². The average Bonchev–Trinajstić information content (AvgIpc) is 3.46. The molecule has 0 aliphatic carbocycles. The largest absolute Gasteiger partial charge is 0.451 e. The zero-order chi connectivity index (χ0) is 31.3. The molecule has 1 N–H and O–H groups in total. The summed E-state index contributed by atoms with van der Waals surface area (Å²) in [6.07, 6.45) is 6.82. The van der Waals surface area contributed by atoms with Crippen LogP contribution >= 0.6 is 11.6 Å². The van der Waals surface area contributed by atoms with Crippen LogP contribution in [0, 0.1) is 0 Å². The van der Waals surface area contributed by atoms with Gasteiger partial charge in [-0.15, -0.1) is 0 Å². The zero-order valence-electron chi connectivity index (χ0n) is 25.6. The lowest BCUT2D eigenvalue weighted by molar-refractivity contribution is -0.128. The number of benzene rings is 3. The molecular formula is C37H38ClN3O4. The van der Waals surface area contributed by atoms with Gasteiger partial charge in [0.25, 0.3) is 5.91 Å². The summed E-state index contributed by atoms with van der Waals surface area (Å²) < 4.78 is 5.91. The number of likely N-dealkylation sites (tertiary alicyclic amines) is 1. The zero-order valence-corrected chi connectivity index (χ0v) is 26.3. The highest BCUT2D eigenvalue weighted by atomic mass is 35.5. The lowest BCUT2D eigenvalue weighted by Gasteiger charge is -2.33. The van der Waals surface area contributed by atoms with Crippen molar-refractivity contribution in [3.05, 3.63) is 122 Å². The molecule has 0 bridgehead atoms. The lowest BCUT2D eigenvalue weighted by Crippen LogP contribution is -2.37. The summed E-state index contributed by atoms with van der Waals surface area (Å²) in [5.74, 6) is -0.192. The second kappa shape index (κ2) is 13.7. The van der Waals surface area contributed by atoms with Gasteiger partial charge < -0.3 is 19.5 Å². The number of hydrogen-bond donors (Lipinski definition) is 1. The van der Waals surface area contributed by atoms with Crippen molar-refractivity contribution in [1.82, 2.24) is 10.2 Å². The maximum atomic E-state index is 13.5. The van der Waals surface area contributed by atoms with Gasteiger partial charge >= 0.3 is 0 Å². The van der Waals surface area contributed by atoms with E-state index in [1.54, 1.807) is 6.07 Å². The monoisotopic (exact) mass is 623 g/mol. The van der Waals surface area contributed by atoms with Crippen LogP contribution in [0.3, 0.4) is 0 Å². The van der Waals surface area contributed by atoms with Crippen LogP contribution in [0.2, 0.25) is 5.02 Å². The first-order valence-corrected chi connectivity index (χ1v) is 16.2. The Labute approximate surface area is 268 Å². The molecule has 7 nitrogen and oxygen atoms in total. The van der Waals surface area contributed by atoms with E-state index in [0.717, 1.165) is 56.4 Å². The molecular weight excluding hydrogens is 586 g/mol. The number of para-hydroxylation sites is 1. The number of halogens is 1. The fraction of sp³-hybridized carbons (Fsp3) is 0.324. The maximum Gasteiger partial charge on any atom is 0.287 e. The van der Waals surface area contributed by atoms with Crippen molar-refractivity contribution in [3.63, 3.8) is 0 Å². The van der Waals surface area contributed by atoms with E-state index in [9.17, 15) is 14.4 Å². The fourth-order valence-corrected chi connectivity index (χ4v) is 6.44. The minimum Gasteiger partial charge on any atom is -0.451 e. The van der Waals surface area contributed by atoms with Crippen LogP contribution in [-0.4, -0.2) is 42.4 Å². The lowest BCUT2D eigenvalue weighted by atomic mass is 9.97. The standard InChI is InChI=1S/C37H38ClN3O4/c1-2-25-11-14-34-31(22-25)33(42)23-35(45-34)37(44)39-30(20-26-9-12-29(38)13-10-26)21-27-15-18-40(19-16-27)32-7-4-3-6-28(32)24-41-17-5-8-36(41)43/h3-4,6-7,9-14,21-23,30H,2,5,8,15-20,24H2,1H3,(H,39,44)/t30-/m0/s1. The van der Waals surface area contributed by atoms with Crippen molar-refractivity contribution >= 4 is 40.1 Å². The van der Waals surface area contributed by atoms with E-state index in [-0.39, 0.29) is 23.1 Å². The molecule has 2 aliphatic rings. The molecule has 0 saturated carbocycles. The van der Waals surface area contributed by atoms with Gasteiger partial charge in [0.1, 0.15) is 5.58 Å². The highest BCUT2D eigenvalue weighted by molar-refractivity contribution is 6.30. The molecule has 2 fully saturated rings. The van der Waals surface area contributed by atoms with Gasteiger partial charge in [-0.05, 0) is 79.1 Å². The summed E-state index contributed by atoms with van der Waals surface area (Å²) in [7, 11) is 0. The Morgan fingerprint density at radius 2 is 1.71 bits per heavy atom. The smallest absolute Gasteiger partial charge is 0.287 e. The maximum absolute atomic E-state index is 13.5. The van der Waals surface area contributed by atoms with Crippen molar-refractivity contribution in [2.75, 3.05) is 24.5 Å². The highest BCUT2D eigenvalue weighted by Gasteiger charge is 2.24. The molecule has 3 aromatic carbocycles. The van der Waals surface area contributed by atoms with Crippen LogP contribution in [0.4, 0.5) is 5.69 Å². The number of nitrogens with one attached hydrogen (secondary N) is 1. The summed E-state index contributed by atoms with van der Waals surface area (Å²) >= 11 is 6.13. The van der Waals surface area contributed by atoms with E-state index in [1.807, 2.05) is 54.3 Å². The van der Waals surface area contributed by atoms with E-state index < -0.39 is 5.91 Å². The van der Waals surface area contributed by atoms with Gasteiger partial charge in [0.05, 0.1) is 11.4 Å². The molecule has 0 spiro atoms. The number of aryl methyl sites for hydroxylation is 1. The van der Waals surface area contributed by atoms with Gasteiger partial charge in [-0.2, -0.15) is 0 Å². The number of piperidine rings is 1. The number of fused-ring (bicyclic) bond motifs is 1. The van der Waals surface area contributed by atoms with Gasteiger partial charge in [-0.3, -0.25) is 14.4 Å². The van der Waals surface area contributed by atoms with Crippen molar-refractivity contribution in [2.24, 2.45) is 0 Å². The molecule has 232 valence electrons. The van der Waals surface area contributed by atoms with Gasteiger partial charge in [0, 0.05) is 49.4 Å². The van der Waals surface area contributed by atoms with E-state index in [1.165, 1.54) is 22.9 Å². The first-order chi connectivity index (χ1) is 21.9. The van der Waals surface area contributed by atoms with E-state index in [2.05, 4.69) is 34.5 Å². The van der Waals surface area contributed by atoms with Crippen molar-refractivity contribution < 1.29 is 14.0 Å². The molecule has 4 aromatic rings. The molecule has 2 saturated heterocycles. The Kier molecular flexibility index (Phi) is 9.36. The van der Waals surface area contributed by atoms with Gasteiger partial charge in [0.2, 0.25) is 5.91 Å². The molecule has 6 rings (SSSR count). The predicted octanol–water partition coefficient (Wildman–Crippen LogP) is 6.70. The number of carbonyl (C=O) groups excluding carboxylic acids is 2. The molecule has 8 heteroatoms. The van der Waals surface area contributed by atoms with Crippen molar-refractivity contribution in [2.45, 2.75) is 58.0 Å². The normalized spacial score (nSPS) is 15.9. The summed E-state index contributed by atoms with van der Waals surface area (Å²) in [5, 5.41) is 4.26. The molecule has 0 radical (unpaired) electrons. The third kappa shape index (κ3) is 7.31. The number of hydrogen-bond acceptors (Lipinski definition) is 5. The van der Waals surface area contributed by atoms with Crippen molar-refractivity contribution in [1.29, 1.82) is 0 Å². The minimum atomic E-state index is -0.424. The number of anilines is 1. The number of amides is 2. The third-order valence-electron chi connectivity index (χ3n) is 8.82. The van der Waals surface area contributed by atoms with Crippen LogP contribution in [-0.2, 0) is 24.2 Å². The predicted molar refractivity (Wildman–Crippen MR) is 179 cm³/mol. The molecule has 1 atom stereocenters. The van der Waals surface area contributed by atoms with Gasteiger partial charge in [-0.1, -0.05) is 66.6 Å². The van der Waals surface area contributed by atoms with Crippen LogP contribution in [0.5, 0.6) is 0 Å². The van der Waals surface area contributed by atoms with E-state index in [4.69, 9.17) is 16.0 Å². The summed E-state index contributed by atoms with van der Waals surface area (Å²) in [6, 6.07) is 22.5. The molecule has 2 aliphatic heterocycles. The number of nitrogens with zero attached hydrogens (tertiary/aromatic N) is 2. The minimum absolute atomic E-state index is 0.000773. The molecule has 3 heterocycles. The van der Waals surface area contributed by atoms with Gasteiger partial charge in [0.15, 0.2) is 11.2 Å². The summed E-state index contributed by atoms with van der Waals surface area (Å²) in [6.45, 7) is 5.19. The van der Waals surface area contributed by atoms with Crippen LogP contribution < -0.4 is 15.6 Å². The third-order valence-corrected chi connectivity index (χ3v) is 9.07. The number of rotatable bonds is 9. The fourth-order valence-electron chi connectivity index (χ4n) is 6.32. The van der Waals surface area contributed by atoms with E-state index in [0.29, 0.717) is 35.4 Å². The highest BCUT2D eigenvalue weighted by Crippen LogP contribution is 2.29. The van der Waals surface area contributed by atoms with Gasteiger partial charge in [-0.25, -0.2) is 0 Å².